The van der Waals surface area contributed by atoms with Gasteiger partial charge in [-0.05, 0) is 43.2 Å². The van der Waals surface area contributed by atoms with Gasteiger partial charge in [-0.1, -0.05) is 45.9 Å². The van der Waals surface area contributed by atoms with E-state index in [1.807, 2.05) is 31.2 Å². The highest BCUT2D eigenvalue weighted by Crippen LogP contribution is 2.32. The van der Waals surface area contributed by atoms with E-state index in [1.165, 1.54) is 0 Å². The van der Waals surface area contributed by atoms with Gasteiger partial charge in [0.15, 0.2) is 0 Å². The molecule has 0 aliphatic rings. The summed E-state index contributed by atoms with van der Waals surface area (Å²) in [7, 11) is 0. The van der Waals surface area contributed by atoms with Crippen LogP contribution in [0.15, 0.2) is 24.3 Å². The van der Waals surface area contributed by atoms with E-state index in [0.717, 1.165) is 24.2 Å². The molecule has 108 valence electrons. The van der Waals surface area contributed by atoms with Gasteiger partial charge >= 0.3 is 0 Å². The predicted octanol–water partition coefficient (Wildman–Crippen LogP) is 4.20. The number of hydrogen-bond acceptors (Lipinski definition) is 2. The topological polar surface area (TPSA) is 29.5 Å². The summed E-state index contributed by atoms with van der Waals surface area (Å²) in [5, 5.41) is 9.90. The first-order chi connectivity index (χ1) is 8.88. The Labute approximate surface area is 117 Å². The summed E-state index contributed by atoms with van der Waals surface area (Å²) in [6.45, 7) is 10.8. The lowest BCUT2D eigenvalue weighted by atomic mass is 9.85. The van der Waals surface area contributed by atoms with Crippen molar-refractivity contribution in [3.8, 4) is 5.75 Å². The van der Waals surface area contributed by atoms with Gasteiger partial charge in [-0.3, -0.25) is 0 Å². The molecule has 1 aromatic rings. The number of aliphatic hydroxyl groups is 1. The van der Waals surface area contributed by atoms with Crippen LogP contribution in [0.25, 0.3) is 0 Å². The minimum Gasteiger partial charge on any atom is -0.485 e. The second kappa shape index (κ2) is 6.95. The third-order valence-corrected chi connectivity index (χ3v) is 3.27. The molecule has 0 atom stereocenters. The van der Waals surface area contributed by atoms with Gasteiger partial charge in [-0.15, -0.1) is 0 Å². The number of aliphatic hydroxyl groups excluding tert-OH is 1. The molecule has 0 aromatic heterocycles. The van der Waals surface area contributed by atoms with Crippen molar-refractivity contribution in [3.05, 3.63) is 29.8 Å². The van der Waals surface area contributed by atoms with E-state index in [2.05, 4.69) is 27.7 Å². The molecule has 0 saturated carbocycles. The van der Waals surface area contributed by atoms with E-state index in [1.54, 1.807) is 0 Å². The first kappa shape index (κ1) is 16.0. The fraction of sp³-hybridized carbons (Fsp3) is 0.647. The van der Waals surface area contributed by atoms with Gasteiger partial charge in [-0.2, -0.15) is 0 Å². The Kier molecular flexibility index (Phi) is 5.86. The van der Waals surface area contributed by atoms with Gasteiger partial charge in [-0.25, -0.2) is 0 Å². The van der Waals surface area contributed by atoms with Crippen LogP contribution in [0.3, 0.4) is 0 Å². The maximum atomic E-state index is 9.90. The zero-order chi connectivity index (χ0) is 14.5. The molecule has 0 fully saturated rings. The monoisotopic (exact) mass is 264 g/mol. The molecule has 0 bridgehead atoms. The fourth-order valence-corrected chi connectivity index (χ4v) is 2.72. The fourth-order valence-electron chi connectivity index (χ4n) is 2.72. The van der Waals surface area contributed by atoms with Gasteiger partial charge in [0.25, 0.3) is 0 Å². The highest BCUT2D eigenvalue weighted by molar-refractivity contribution is 5.32. The SMILES string of the molecule is Cc1ccccc1OC(CO)(CC(C)C)CC(C)C. The molecular formula is C17H28O2. The number of rotatable bonds is 7. The molecule has 0 saturated heterocycles. The molecule has 0 aliphatic carbocycles. The number of benzene rings is 1. The van der Waals surface area contributed by atoms with Crippen molar-refractivity contribution in [2.75, 3.05) is 6.61 Å². The number of ether oxygens (including phenoxy) is 1. The highest BCUT2D eigenvalue weighted by Gasteiger charge is 2.33. The lowest BCUT2D eigenvalue weighted by Gasteiger charge is -2.36. The minimum atomic E-state index is -0.464. The molecule has 1 rings (SSSR count). The Balaban J connectivity index is 2.98. The molecule has 0 heterocycles. The second-order valence-corrected chi connectivity index (χ2v) is 6.40. The Morgan fingerprint density at radius 1 is 1.05 bits per heavy atom. The van der Waals surface area contributed by atoms with Crippen LogP contribution < -0.4 is 4.74 Å². The standard InChI is InChI=1S/C17H28O2/c1-13(2)10-17(12-18,11-14(3)4)19-16-9-7-6-8-15(16)5/h6-9,13-14,18H,10-12H2,1-5H3. The zero-order valence-electron chi connectivity index (χ0n) is 12.9. The molecule has 0 spiro atoms. The average Bonchev–Trinajstić information content (AvgIpc) is 2.30. The quantitative estimate of drug-likeness (QED) is 0.800. The van der Waals surface area contributed by atoms with Crippen molar-refractivity contribution < 1.29 is 9.84 Å². The van der Waals surface area contributed by atoms with Crippen molar-refractivity contribution in [2.45, 2.75) is 53.1 Å². The third-order valence-electron chi connectivity index (χ3n) is 3.27. The summed E-state index contributed by atoms with van der Waals surface area (Å²) in [4.78, 5) is 0. The molecular weight excluding hydrogens is 236 g/mol. The van der Waals surface area contributed by atoms with E-state index < -0.39 is 5.60 Å². The summed E-state index contributed by atoms with van der Waals surface area (Å²) in [5.74, 6) is 1.88. The summed E-state index contributed by atoms with van der Waals surface area (Å²) in [6.07, 6.45) is 1.74. The van der Waals surface area contributed by atoms with E-state index in [9.17, 15) is 5.11 Å². The van der Waals surface area contributed by atoms with E-state index in [0.29, 0.717) is 11.8 Å². The lowest BCUT2D eigenvalue weighted by Crippen LogP contribution is -2.43. The lowest BCUT2D eigenvalue weighted by molar-refractivity contribution is -0.0234. The van der Waals surface area contributed by atoms with E-state index in [-0.39, 0.29) is 6.61 Å². The number of para-hydroxylation sites is 1. The third kappa shape index (κ3) is 4.87. The van der Waals surface area contributed by atoms with Gasteiger partial charge in [0.05, 0.1) is 6.61 Å². The van der Waals surface area contributed by atoms with Crippen molar-refractivity contribution in [1.29, 1.82) is 0 Å². The largest absolute Gasteiger partial charge is 0.485 e. The summed E-state index contributed by atoms with van der Waals surface area (Å²) < 4.78 is 6.25. The van der Waals surface area contributed by atoms with Gasteiger partial charge in [0.1, 0.15) is 11.4 Å². The summed E-state index contributed by atoms with van der Waals surface area (Å²) >= 11 is 0. The molecule has 19 heavy (non-hydrogen) atoms. The van der Waals surface area contributed by atoms with Crippen LogP contribution in [-0.4, -0.2) is 17.3 Å². The first-order valence-corrected chi connectivity index (χ1v) is 7.24. The second-order valence-electron chi connectivity index (χ2n) is 6.40. The molecule has 0 aliphatic heterocycles. The van der Waals surface area contributed by atoms with Crippen molar-refractivity contribution in [2.24, 2.45) is 11.8 Å². The minimum absolute atomic E-state index is 0.0672. The van der Waals surface area contributed by atoms with Crippen molar-refractivity contribution in [1.82, 2.24) is 0 Å². The maximum Gasteiger partial charge on any atom is 0.132 e. The molecule has 2 nitrogen and oxygen atoms in total. The van der Waals surface area contributed by atoms with Gasteiger partial charge < -0.3 is 9.84 Å². The van der Waals surface area contributed by atoms with Crippen molar-refractivity contribution >= 4 is 0 Å². The highest BCUT2D eigenvalue weighted by atomic mass is 16.5. The molecule has 0 radical (unpaired) electrons. The van der Waals surface area contributed by atoms with Crippen molar-refractivity contribution in [3.63, 3.8) is 0 Å². The van der Waals surface area contributed by atoms with Crippen LogP contribution in [-0.2, 0) is 0 Å². The van der Waals surface area contributed by atoms with Gasteiger partial charge in [0.2, 0.25) is 0 Å². The Morgan fingerprint density at radius 3 is 2.00 bits per heavy atom. The van der Waals surface area contributed by atoms with E-state index in [4.69, 9.17) is 4.74 Å². The van der Waals surface area contributed by atoms with E-state index >= 15 is 0 Å². The summed E-state index contributed by atoms with van der Waals surface area (Å²) in [5.41, 5.74) is 0.655. The average molecular weight is 264 g/mol. The summed E-state index contributed by atoms with van der Waals surface area (Å²) in [6, 6.07) is 8.02. The molecule has 0 unspecified atom stereocenters. The normalized spacial score (nSPS) is 12.2. The Hall–Kier alpha value is -1.02. The van der Waals surface area contributed by atoms with Crippen LogP contribution in [0.5, 0.6) is 5.75 Å². The van der Waals surface area contributed by atoms with Crippen LogP contribution in [0, 0.1) is 18.8 Å². The Morgan fingerprint density at radius 2 is 1.58 bits per heavy atom. The van der Waals surface area contributed by atoms with Crippen LogP contribution in [0.4, 0.5) is 0 Å². The Bertz CT molecular complexity index is 373. The zero-order valence-corrected chi connectivity index (χ0v) is 12.9. The number of hydrogen-bond donors (Lipinski definition) is 1. The van der Waals surface area contributed by atoms with Crippen LogP contribution >= 0.6 is 0 Å². The maximum absolute atomic E-state index is 9.90. The van der Waals surface area contributed by atoms with Crippen LogP contribution in [0.2, 0.25) is 0 Å². The van der Waals surface area contributed by atoms with Crippen LogP contribution in [0.1, 0.15) is 46.1 Å². The predicted molar refractivity (Wildman–Crippen MR) is 80.5 cm³/mol. The molecule has 0 amide bonds. The van der Waals surface area contributed by atoms with Gasteiger partial charge in [0, 0.05) is 0 Å². The molecule has 1 aromatic carbocycles. The molecule has 1 N–H and O–H groups in total. The smallest absolute Gasteiger partial charge is 0.132 e. The number of aryl methyl sites for hydroxylation is 1. The first-order valence-electron chi connectivity index (χ1n) is 7.24. The molecule has 2 heteroatoms.